The van der Waals surface area contributed by atoms with E-state index in [2.05, 4.69) is 37.2 Å². The van der Waals surface area contributed by atoms with Crippen molar-refractivity contribution in [2.45, 2.75) is 26.4 Å². The minimum atomic E-state index is -0.475. The Morgan fingerprint density at radius 2 is 1.95 bits per heavy atom. The second-order valence-electron chi connectivity index (χ2n) is 9.87. The first kappa shape index (κ1) is 26.1. The molecule has 0 radical (unpaired) electrons. The van der Waals surface area contributed by atoms with Gasteiger partial charge in [0.2, 0.25) is 0 Å². The highest BCUT2D eigenvalue weighted by molar-refractivity contribution is 6.30. The zero-order chi connectivity index (χ0) is 27.6. The molecule has 0 aliphatic carbocycles. The summed E-state index contributed by atoms with van der Waals surface area (Å²) in [5.41, 5.74) is 3.44. The molecule has 10 nitrogen and oxygen atoms in total. The second-order valence-corrected chi connectivity index (χ2v) is 10.3. The minimum absolute atomic E-state index is 0.178. The van der Waals surface area contributed by atoms with Gasteiger partial charge in [-0.15, -0.1) is 5.10 Å². The predicted molar refractivity (Wildman–Crippen MR) is 153 cm³/mol. The number of anilines is 1. The number of pyridine rings is 1. The number of nitrogens with zero attached hydrogens (tertiary/aromatic N) is 6. The van der Waals surface area contributed by atoms with Gasteiger partial charge in [-0.2, -0.15) is 0 Å². The maximum Gasteiger partial charge on any atom is 0.253 e. The van der Waals surface area contributed by atoms with E-state index < -0.39 is 6.04 Å². The van der Waals surface area contributed by atoms with Crippen LogP contribution in [0.15, 0.2) is 70.1 Å². The van der Waals surface area contributed by atoms with Gasteiger partial charge in [0.1, 0.15) is 24.1 Å². The van der Waals surface area contributed by atoms with Crippen molar-refractivity contribution in [2.24, 2.45) is 0 Å². The Morgan fingerprint density at radius 1 is 1.10 bits per heavy atom. The molecule has 40 heavy (non-hydrogen) atoms. The van der Waals surface area contributed by atoms with Crippen LogP contribution in [-0.2, 0) is 6.54 Å². The number of aromatic nitrogens is 5. The maximum atomic E-state index is 13.6. The highest BCUT2D eigenvalue weighted by Crippen LogP contribution is 2.31. The van der Waals surface area contributed by atoms with Crippen molar-refractivity contribution in [2.75, 3.05) is 37.7 Å². The summed E-state index contributed by atoms with van der Waals surface area (Å²) in [6, 6.07) is 16.8. The quantitative estimate of drug-likeness (QED) is 0.298. The van der Waals surface area contributed by atoms with Gasteiger partial charge >= 0.3 is 0 Å². The first-order valence-electron chi connectivity index (χ1n) is 13.3. The largest absolute Gasteiger partial charge is 0.494 e. The Morgan fingerprint density at radius 3 is 2.73 bits per heavy atom. The average molecular weight is 560 g/mol. The standard InChI is InChI=1S/C29H30ClN7O3/c1-3-39-22-8-9-25-20(15-22)16-24(29(38)31-25)27(28-32-33-34-37(28)18-23-5-4-14-40-23)36-12-10-35(11-13-36)26-17-21(30)7-6-19(26)2/h4-9,14-17,27H,3,10-13,18H2,1-2H3,(H,31,38)/t27-/m0/s1. The number of rotatable bonds is 8. The fourth-order valence-electron chi connectivity index (χ4n) is 5.37. The topological polar surface area (TPSA) is 105 Å². The van der Waals surface area contributed by atoms with Crippen molar-refractivity contribution in [1.29, 1.82) is 0 Å². The van der Waals surface area contributed by atoms with Crippen LogP contribution in [0.2, 0.25) is 5.02 Å². The second kappa shape index (κ2) is 11.1. The molecule has 0 unspecified atom stereocenters. The number of hydrogen-bond acceptors (Lipinski definition) is 8. The summed E-state index contributed by atoms with van der Waals surface area (Å²) >= 11 is 6.32. The molecule has 0 amide bonds. The third-order valence-electron chi connectivity index (χ3n) is 7.33. The highest BCUT2D eigenvalue weighted by atomic mass is 35.5. The minimum Gasteiger partial charge on any atom is -0.494 e. The van der Waals surface area contributed by atoms with Crippen molar-refractivity contribution in [1.82, 2.24) is 30.1 Å². The van der Waals surface area contributed by atoms with Crippen LogP contribution in [0.1, 0.15) is 35.7 Å². The van der Waals surface area contributed by atoms with E-state index in [4.69, 9.17) is 20.8 Å². The number of benzene rings is 2. The van der Waals surface area contributed by atoms with Gasteiger partial charge in [-0.3, -0.25) is 9.69 Å². The number of aryl methyl sites for hydroxylation is 1. The third kappa shape index (κ3) is 5.20. The molecule has 1 fully saturated rings. The number of aromatic amines is 1. The maximum absolute atomic E-state index is 13.6. The summed E-state index contributed by atoms with van der Waals surface area (Å²) < 4.78 is 13.0. The SMILES string of the molecule is CCOc1ccc2[nH]c(=O)c([C@@H](c3nnnn3Cc3ccco3)N3CCN(c4cc(Cl)ccc4C)CC3)cc2c1. The summed E-state index contributed by atoms with van der Waals surface area (Å²) in [7, 11) is 0. The third-order valence-corrected chi connectivity index (χ3v) is 7.57. The molecule has 1 atom stereocenters. The lowest BCUT2D eigenvalue weighted by atomic mass is 10.0. The van der Waals surface area contributed by atoms with E-state index in [9.17, 15) is 4.79 Å². The molecule has 4 heterocycles. The summed E-state index contributed by atoms with van der Waals surface area (Å²) in [5, 5.41) is 14.3. The molecule has 0 spiro atoms. The molecule has 2 aromatic carbocycles. The van der Waals surface area contributed by atoms with Gasteiger partial charge in [0, 0.05) is 53.4 Å². The number of tetrazole rings is 1. The van der Waals surface area contributed by atoms with Crippen LogP contribution in [0.3, 0.4) is 0 Å². The van der Waals surface area contributed by atoms with Crippen LogP contribution < -0.4 is 15.2 Å². The summed E-state index contributed by atoms with van der Waals surface area (Å²) in [6.07, 6.45) is 1.62. The Balaban J connectivity index is 1.39. The van der Waals surface area contributed by atoms with Crippen molar-refractivity contribution < 1.29 is 9.15 Å². The van der Waals surface area contributed by atoms with Gasteiger partial charge in [-0.1, -0.05) is 17.7 Å². The fourth-order valence-corrected chi connectivity index (χ4v) is 5.54. The summed E-state index contributed by atoms with van der Waals surface area (Å²) in [6.45, 7) is 7.86. The number of halogens is 1. The van der Waals surface area contributed by atoms with E-state index in [-0.39, 0.29) is 5.56 Å². The van der Waals surface area contributed by atoms with Crippen molar-refractivity contribution in [3.05, 3.63) is 98.9 Å². The smallest absolute Gasteiger partial charge is 0.253 e. The van der Waals surface area contributed by atoms with Gasteiger partial charge in [0.25, 0.3) is 5.56 Å². The van der Waals surface area contributed by atoms with Gasteiger partial charge in [0.15, 0.2) is 5.82 Å². The predicted octanol–water partition coefficient (Wildman–Crippen LogP) is 4.43. The number of furan rings is 1. The molecular formula is C29H30ClN7O3. The number of fused-ring (bicyclic) bond motifs is 1. The van der Waals surface area contributed by atoms with Gasteiger partial charge in [0.05, 0.1) is 12.9 Å². The first-order chi connectivity index (χ1) is 19.5. The first-order valence-corrected chi connectivity index (χ1v) is 13.7. The lowest BCUT2D eigenvalue weighted by molar-refractivity contribution is 0.200. The molecule has 6 rings (SSSR count). The number of piperazine rings is 1. The molecule has 206 valence electrons. The molecule has 0 saturated carbocycles. The van der Waals surface area contributed by atoms with E-state index in [1.807, 2.05) is 61.5 Å². The lowest BCUT2D eigenvalue weighted by Gasteiger charge is -2.40. The fraction of sp³-hybridized carbons (Fsp3) is 0.310. The Kier molecular flexibility index (Phi) is 7.27. The highest BCUT2D eigenvalue weighted by Gasteiger charge is 2.33. The van der Waals surface area contributed by atoms with Crippen LogP contribution in [0.4, 0.5) is 5.69 Å². The van der Waals surface area contributed by atoms with E-state index in [0.717, 1.165) is 41.2 Å². The van der Waals surface area contributed by atoms with Gasteiger partial charge in [-0.25, -0.2) is 4.68 Å². The molecular weight excluding hydrogens is 530 g/mol. The zero-order valence-corrected chi connectivity index (χ0v) is 23.1. The lowest BCUT2D eigenvalue weighted by Crippen LogP contribution is -2.49. The summed E-state index contributed by atoms with van der Waals surface area (Å²) in [5.74, 6) is 2.05. The molecule has 1 saturated heterocycles. The van der Waals surface area contributed by atoms with E-state index in [0.29, 0.717) is 42.7 Å². The Labute approximate surface area is 236 Å². The van der Waals surface area contributed by atoms with Crippen molar-refractivity contribution >= 4 is 28.2 Å². The molecule has 5 aromatic rings. The van der Waals surface area contributed by atoms with Crippen LogP contribution >= 0.6 is 11.6 Å². The molecule has 1 N–H and O–H groups in total. The van der Waals surface area contributed by atoms with E-state index in [1.54, 1.807) is 10.9 Å². The molecule has 11 heteroatoms. The Bertz CT molecular complexity index is 1670. The summed E-state index contributed by atoms with van der Waals surface area (Å²) in [4.78, 5) is 21.2. The van der Waals surface area contributed by atoms with Crippen LogP contribution in [0.25, 0.3) is 10.9 Å². The molecule has 3 aromatic heterocycles. The van der Waals surface area contributed by atoms with Crippen molar-refractivity contribution in [3.63, 3.8) is 0 Å². The van der Waals surface area contributed by atoms with Crippen LogP contribution in [0.5, 0.6) is 5.75 Å². The molecule has 1 aliphatic heterocycles. The molecule has 0 bridgehead atoms. The number of ether oxygens (including phenoxy) is 1. The van der Waals surface area contributed by atoms with Gasteiger partial charge < -0.3 is 19.0 Å². The average Bonchev–Trinajstić information content (AvgIpc) is 3.64. The van der Waals surface area contributed by atoms with E-state index in [1.165, 1.54) is 5.56 Å². The van der Waals surface area contributed by atoms with Crippen LogP contribution in [0, 0.1) is 6.92 Å². The monoisotopic (exact) mass is 559 g/mol. The number of H-pyrrole nitrogens is 1. The molecule has 1 aliphatic rings. The van der Waals surface area contributed by atoms with E-state index >= 15 is 0 Å². The zero-order valence-electron chi connectivity index (χ0n) is 22.4. The number of nitrogens with one attached hydrogen (secondary N) is 1. The normalized spacial score (nSPS) is 15.0. The van der Waals surface area contributed by atoms with Gasteiger partial charge in [-0.05, 0) is 78.4 Å². The van der Waals surface area contributed by atoms with Crippen LogP contribution in [-0.4, -0.2) is 62.9 Å². The Hall–Kier alpha value is -4.15. The number of hydrogen-bond donors (Lipinski definition) is 1. The van der Waals surface area contributed by atoms with Crippen molar-refractivity contribution in [3.8, 4) is 5.75 Å².